The summed E-state index contributed by atoms with van der Waals surface area (Å²) in [6.07, 6.45) is 0. The van der Waals surface area contributed by atoms with Crippen molar-refractivity contribution in [3.63, 3.8) is 0 Å². The second-order valence-corrected chi connectivity index (χ2v) is 10.5. The molecule has 172 valence electrons. The molecule has 2 amide bonds. The van der Waals surface area contributed by atoms with Gasteiger partial charge in [-0.25, -0.2) is 4.79 Å². The smallest absolute Gasteiger partial charge is 0.282 e. The van der Waals surface area contributed by atoms with Crippen LogP contribution in [0.25, 0.3) is 0 Å². The number of rotatable bonds is 5. The third-order valence-electron chi connectivity index (χ3n) is 5.25. The Morgan fingerprint density at radius 2 is 1.59 bits per heavy atom. The van der Waals surface area contributed by atoms with E-state index in [1.54, 1.807) is 4.41 Å². The van der Waals surface area contributed by atoms with Crippen LogP contribution in [0.15, 0.2) is 104 Å². The van der Waals surface area contributed by atoms with Crippen molar-refractivity contribution in [2.24, 2.45) is 19.9 Å². The number of hydrogen-bond donors (Lipinski definition) is 1. The van der Waals surface area contributed by atoms with Gasteiger partial charge in [0.15, 0.2) is 5.37 Å². The maximum absolute atomic E-state index is 13.2. The number of urea groups is 1. The van der Waals surface area contributed by atoms with Gasteiger partial charge in [0, 0.05) is 5.69 Å². The number of aliphatic imine (C=N–C) groups is 1. The number of nitrogens with zero attached hydrogens (tertiary/aromatic N) is 6. The predicted octanol–water partition coefficient (Wildman–Crippen LogP) is 4.52. The number of hydrogen-bond acceptors (Lipinski definition) is 7. The maximum Gasteiger partial charge on any atom is 0.349 e. The second-order valence-electron chi connectivity index (χ2n) is 7.50. The van der Waals surface area contributed by atoms with Crippen LogP contribution in [0.5, 0.6) is 0 Å². The zero-order valence-corrected chi connectivity index (χ0v) is 19.4. The van der Waals surface area contributed by atoms with E-state index in [1.165, 1.54) is 29.2 Å². The summed E-state index contributed by atoms with van der Waals surface area (Å²) in [5.41, 5.74) is 3.47. The second kappa shape index (κ2) is 8.56. The number of amides is 2. The average Bonchev–Trinajstić information content (AvgIpc) is 3.44. The highest BCUT2D eigenvalue weighted by Gasteiger charge is 2.43. The standard InChI is InChI=1S/C22H18N6O4S2/c1-15-7-9-16(10-8-15)20-21(33-26-24-25-28(33)18-5-3-2-4-6-18)27(22(29)23-20)17-11-13-19(14-12-17)34(30,31)32/h2-14,21H,1H3,(H,30,31,32). The summed E-state index contributed by atoms with van der Waals surface area (Å²) >= 11 is 0. The van der Waals surface area contributed by atoms with Gasteiger partial charge in [-0.15, -0.1) is 0 Å². The van der Waals surface area contributed by atoms with Crippen molar-refractivity contribution in [2.75, 3.05) is 9.31 Å². The Labute approximate surface area is 198 Å². The van der Waals surface area contributed by atoms with Crippen LogP contribution in [0, 0.1) is 6.92 Å². The first-order valence-electron chi connectivity index (χ1n) is 10.1. The van der Waals surface area contributed by atoms with E-state index < -0.39 is 32.4 Å². The molecule has 0 saturated heterocycles. The molecule has 10 nitrogen and oxygen atoms in total. The van der Waals surface area contributed by atoms with Gasteiger partial charge in [-0.05, 0) is 59.3 Å². The van der Waals surface area contributed by atoms with Gasteiger partial charge in [0.1, 0.15) is 0 Å². The van der Waals surface area contributed by atoms with Gasteiger partial charge in [-0.2, -0.15) is 17.8 Å². The SMILES string of the molecule is Cc1ccc(C2=NC(=O)N(c3ccc(S(=O)(=O)O)cc3)C2S2=NN=NN2c2ccccc2)cc1. The Morgan fingerprint density at radius 1 is 0.912 bits per heavy atom. The zero-order chi connectivity index (χ0) is 23.9. The molecule has 2 heterocycles. The minimum Gasteiger partial charge on any atom is -0.282 e. The zero-order valence-electron chi connectivity index (χ0n) is 17.8. The average molecular weight is 495 g/mol. The van der Waals surface area contributed by atoms with Crippen molar-refractivity contribution in [1.82, 2.24) is 0 Å². The van der Waals surface area contributed by atoms with Gasteiger partial charge in [-0.1, -0.05) is 52.5 Å². The molecule has 5 rings (SSSR count). The molecular weight excluding hydrogens is 476 g/mol. The number of benzene rings is 3. The van der Waals surface area contributed by atoms with Crippen LogP contribution in [0.3, 0.4) is 0 Å². The van der Waals surface area contributed by atoms with Gasteiger partial charge in [0.2, 0.25) is 0 Å². The molecule has 2 atom stereocenters. The van der Waals surface area contributed by atoms with E-state index in [0.717, 1.165) is 16.8 Å². The first-order valence-corrected chi connectivity index (χ1v) is 12.7. The van der Waals surface area contributed by atoms with Gasteiger partial charge in [0.05, 0.1) is 27.2 Å². The van der Waals surface area contributed by atoms with Gasteiger partial charge >= 0.3 is 6.03 Å². The van der Waals surface area contributed by atoms with Crippen molar-refractivity contribution in [2.45, 2.75) is 17.2 Å². The maximum atomic E-state index is 13.2. The summed E-state index contributed by atoms with van der Waals surface area (Å²) in [5.74, 6) is 0. The van der Waals surface area contributed by atoms with Crippen LogP contribution in [-0.4, -0.2) is 30.1 Å². The molecule has 34 heavy (non-hydrogen) atoms. The third kappa shape index (κ3) is 4.02. The normalized spacial score (nSPS) is 19.9. The highest BCUT2D eigenvalue weighted by atomic mass is 32.2. The third-order valence-corrected chi connectivity index (χ3v) is 7.83. The molecule has 0 saturated carbocycles. The van der Waals surface area contributed by atoms with E-state index >= 15 is 0 Å². The summed E-state index contributed by atoms with van der Waals surface area (Å²) in [6, 6.07) is 21.8. The fourth-order valence-corrected chi connectivity index (χ4v) is 5.77. The molecule has 0 radical (unpaired) electrons. The van der Waals surface area contributed by atoms with Crippen LogP contribution in [0.2, 0.25) is 0 Å². The summed E-state index contributed by atoms with van der Waals surface area (Å²) in [7, 11) is -5.44. The van der Waals surface area contributed by atoms with Crippen molar-refractivity contribution in [1.29, 1.82) is 0 Å². The van der Waals surface area contributed by atoms with E-state index in [-0.39, 0.29) is 4.90 Å². The molecule has 0 spiro atoms. The molecule has 0 aromatic heterocycles. The van der Waals surface area contributed by atoms with Gasteiger partial charge in [-0.3, -0.25) is 9.45 Å². The molecule has 2 unspecified atom stereocenters. The molecule has 0 aliphatic carbocycles. The number of para-hydroxylation sites is 1. The number of carbonyl (C=O) groups is 1. The minimum absolute atomic E-state index is 0.275. The summed E-state index contributed by atoms with van der Waals surface area (Å²) in [6.45, 7) is 1.97. The molecule has 2 aliphatic rings. The highest BCUT2D eigenvalue weighted by Crippen LogP contribution is 2.34. The topological polar surface area (TPSA) is 127 Å². The molecule has 2 aliphatic heterocycles. The Balaban J connectivity index is 1.61. The van der Waals surface area contributed by atoms with Crippen LogP contribution in [-0.2, 0) is 21.0 Å². The largest absolute Gasteiger partial charge is 0.349 e. The van der Waals surface area contributed by atoms with Gasteiger partial charge in [0.25, 0.3) is 10.1 Å². The van der Waals surface area contributed by atoms with Crippen LogP contribution in [0.4, 0.5) is 16.2 Å². The Bertz CT molecular complexity index is 1450. The molecular formula is C22H18N6O4S2. The van der Waals surface area contributed by atoms with E-state index in [1.807, 2.05) is 61.5 Å². The lowest BCUT2D eigenvalue weighted by Gasteiger charge is -2.29. The summed E-state index contributed by atoms with van der Waals surface area (Å²) in [5, 5.41) is 7.39. The van der Waals surface area contributed by atoms with E-state index in [0.29, 0.717) is 11.4 Å². The molecule has 3 aromatic rings. The van der Waals surface area contributed by atoms with E-state index in [9.17, 15) is 17.8 Å². The van der Waals surface area contributed by atoms with Crippen molar-refractivity contribution >= 4 is 44.1 Å². The van der Waals surface area contributed by atoms with E-state index in [2.05, 4.69) is 19.9 Å². The molecule has 0 bridgehead atoms. The summed E-state index contributed by atoms with van der Waals surface area (Å²) < 4.78 is 38.3. The van der Waals surface area contributed by atoms with Crippen LogP contribution >= 0.6 is 0 Å². The van der Waals surface area contributed by atoms with E-state index in [4.69, 9.17) is 0 Å². The fourth-order valence-electron chi connectivity index (χ4n) is 3.60. The first-order chi connectivity index (χ1) is 16.3. The summed E-state index contributed by atoms with van der Waals surface area (Å²) in [4.78, 5) is 18.7. The van der Waals surface area contributed by atoms with Gasteiger partial charge < -0.3 is 0 Å². The highest BCUT2D eigenvalue weighted by molar-refractivity contribution is 7.90. The lowest BCUT2D eigenvalue weighted by atomic mass is 10.1. The fraction of sp³-hybridized carbons (Fsp3) is 0.0909. The van der Waals surface area contributed by atoms with Crippen molar-refractivity contribution < 1.29 is 17.8 Å². The molecule has 3 aromatic carbocycles. The Hall–Kier alpha value is -3.74. The van der Waals surface area contributed by atoms with Crippen LogP contribution < -0.4 is 9.31 Å². The Kier molecular flexibility index (Phi) is 5.55. The minimum atomic E-state index is -4.38. The lowest BCUT2D eigenvalue weighted by Crippen LogP contribution is -2.45. The lowest BCUT2D eigenvalue weighted by molar-refractivity contribution is 0.256. The van der Waals surface area contributed by atoms with Crippen molar-refractivity contribution in [3.8, 4) is 0 Å². The number of carbonyl (C=O) groups excluding carboxylic acids is 1. The molecule has 12 heteroatoms. The molecule has 0 fully saturated rings. The van der Waals surface area contributed by atoms with Crippen LogP contribution in [0.1, 0.15) is 11.1 Å². The predicted molar refractivity (Wildman–Crippen MR) is 129 cm³/mol. The molecule has 1 N–H and O–H groups in total. The first kappa shape index (κ1) is 22.1. The quantitative estimate of drug-likeness (QED) is 0.522. The number of aryl methyl sites for hydroxylation is 1. The Morgan fingerprint density at radius 3 is 2.24 bits per heavy atom. The number of anilines is 2. The van der Waals surface area contributed by atoms with Crippen molar-refractivity contribution in [3.05, 3.63) is 90.0 Å². The monoisotopic (exact) mass is 494 g/mol.